The second-order valence-corrected chi connectivity index (χ2v) is 6.04. The first-order chi connectivity index (χ1) is 12.1. The van der Waals surface area contributed by atoms with Crippen LogP contribution in [0.25, 0.3) is 0 Å². The monoisotopic (exact) mass is 341 g/mol. The van der Waals surface area contributed by atoms with E-state index in [-0.39, 0.29) is 23.3 Å². The highest BCUT2D eigenvalue weighted by Crippen LogP contribution is 2.12. The number of likely N-dealkylation sites (tertiary alicyclic amines) is 1. The van der Waals surface area contributed by atoms with Crippen LogP contribution < -0.4 is 5.32 Å². The van der Waals surface area contributed by atoms with Crippen LogP contribution in [0.3, 0.4) is 0 Å². The second-order valence-electron chi connectivity index (χ2n) is 6.04. The van der Waals surface area contributed by atoms with Crippen LogP contribution in [0, 0.1) is 5.82 Å². The molecule has 6 heteroatoms. The van der Waals surface area contributed by atoms with Crippen molar-refractivity contribution in [3.05, 3.63) is 65.2 Å². The third-order valence-electron chi connectivity index (χ3n) is 4.21. The number of halogens is 1. The van der Waals surface area contributed by atoms with Gasteiger partial charge in [-0.15, -0.1) is 0 Å². The van der Waals surface area contributed by atoms with Gasteiger partial charge in [0.2, 0.25) is 0 Å². The highest BCUT2D eigenvalue weighted by molar-refractivity contribution is 5.96. The van der Waals surface area contributed by atoms with E-state index in [2.05, 4.69) is 10.3 Å². The average Bonchev–Trinajstić information content (AvgIpc) is 3.17. The predicted molar refractivity (Wildman–Crippen MR) is 91.8 cm³/mol. The van der Waals surface area contributed by atoms with Crippen molar-refractivity contribution in [2.24, 2.45) is 0 Å². The summed E-state index contributed by atoms with van der Waals surface area (Å²) in [6.07, 6.45) is 2.61. The molecule has 2 heterocycles. The Kier molecular flexibility index (Phi) is 5.38. The normalized spacial score (nSPS) is 13.7. The molecule has 1 aliphatic rings. The van der Waals surface area contributed by atoms with E-state index in [0.717, 1.165) is 31.5 Å². The van der Waals surface area contributed by atoms with E-state index in [1.54, 1.807) is 35.2 Å². The molecular formula is C19H20FN3O2. The smallest absolute Gasteiger partial charge is 0.272 e. The van der Waals surface area contributed by atoms with Crippen molar-refractivity contribution in [1.29, 1.82) is 0 Å². The minimum Gasteiger partial charge on any atom is -0.350 e. The maximum atomic E-state index is 12.9. The number of amides is 2. The molecule has 3 rings (SSSR count). The summed E-state index contributed by atoms with van der Waals surface area (Å²) in [6, 6.07) is 11.1. The zero-order valence-electron chi connectivity index (χ0n) is 13.9. The Bertz CT molecular complexity index is 756. The molecule has 1 N–H and O–H groups in total. The van der Waals surface area contributed by atoms with Crippen molar-refractivity contribution in [2.75, 3.05) is 19.6 Å². The Hall–Kier alpha value is -2.76. The van der Waals surface area contributed by atoms with E-state index in [4.69, 9.17) is 0 Å². The molecule has 2 aromatic rings. The van der Waals surface area contributed by atoms with Crippen LogP contribution in [0.2, 0.25) is 0 Å². The zero-order valence-corrected chi connectivity index (χ0v) is 13.9. The standard InChI is InChI=1S/C19H20FN3O2/c20-15-8-6-14(7-9-15)10-11-21-18(24)16-4-3-5-17(22-16)19(25)23-12-1-2-13-23/h3-9H,1-2,10-13H2,(H,21,24). The topological polar surface area (TPSA) is 62.3 Å². The first-order valence-electron chi connectivity index (χ1n) is 8.42. The third kappa shape index (κ3) is 4.41. The first-order valence-corrected chi connectivity index (χ1v) is 8.42. The molecule has 25 heavy (non-hydrogen) atoms. The number of rotatable bonds is 5. The van der Waals surface area contributed by atoms with Crippen LogP contribution in [0.5, 0.6) is 0 Å². The van der Waals surface area contributed by atoms with Crippen molar-refractivity contribution in [3.8, 4) is 0 Å². The fourth-order valence-corrected chi connectivity index (χ4v) is 2.82. The summed E-state index contributed by atoms with van der Waals surface area (Å²) in [7, 11) is 0. The number of pyridine rings is 1. The second kappa shape index (κ2) is 7.88. The summed E-state index contributed by atoms with van der Waals surface area (Å²) in [5.74, 6) is -0.729. The Labute approximate surface area is 145 Å². The van der Waals surface area contributed by atoms with Gasteiger partial charge in [-0.3, -0.25) is 9.59 Å². The van der Waals surface area contributed by atoms with E-state index < -0.39 is 0 Å². The molecular weight excluding hydrogens is 321 g/mol. The summed E-state index contributed by atoms with van der Waals surface area (Å²) >= 11 is 0. The van der Waals surface area contributed by atoms with Gasteiger partial charge < -0.3 is 10.2 Å². The summed E-state index contributed by atoms with van der Waals surface area (Å²) in [6.45, 7) is 1.90. The molecule has 0 aliphatic carbocycles. The number of hydrogen-bond acceptors (Lipinski definition) is 3. The minimum absolute atomic E-state index is 0.126. The van der Waals surface area contributed by atoms with E-state index in [9.17, 15) is 14.0 Å². The Balaban J connectivity index is 1.57. The van der Waals surface area contributed by atoms with Gasteiger partial charge in [0.05, 0.1) is 0 Å². The summed E-state index contributed by atoms with van der Waals surface area (Å²) in [5.41, 5.74) is 1.46. The molecule has 2 amide bonds. The summed E-state index contributed by atoms with van der Waals surface area (Å²) in [5, 5.41) is 2.78. The third-order valence-corrected chi connectivity index (χ3v) is 4.21. The van der Waals surface area contributed by atoms with Gasteiger partial charge in [-0.25, -0.2) is 9.37 Å². The van der Waals surface area contributed by atoms with Crippen LogP contribution in [0.1, 0.15) is 39.4 Å². The predicted octanol–water partition coefficient (Wildman–Crippen LogP) is 2.43. The van der Waals surface area contributed by atoms with E-state index in [0.29, 0.717) is 18.7 Å². The van der Waals surface area contributed by atoms with Crippen molar-refractivity contribution in [2.45, 2.75) is 19.3 Å². The molecule has 0 bridgehead atoms. The molecule has 0 unspecified atom stereocenters. The lowest BCUT2D eigenvalue weighted by atomic mass is 10.1. The van der Waals surface area contributed by atoms with Crippen molar-refractivity contribution < 1.29 is 14.0 Å². The average molecular weight is 341 g/mol. The molecule has 0 spiro atoms. The number of hydrogen-bond donors (Lipinski definition) is 1. The largest absolute Gasteiger partial charge is 0.350 e. The maximum absolute atomic E-state index is 12.9. The molecule has 0 radical (unpaired) electrons. The molecule has 0 atom stereocenters. The van der Waals surface area contributed by atoms with Gasteiger partial charge in [-0.2, -0.15) is 0 Å². The number of aromatic nitrogens is 1. The van der Waals surface area contributed by atoms with Crippen LogP contribution >= 0.6 is 0 Å². The van der Waals surface area contributed by atoms with Crippen molar-refractivity contribution >= 4 is 11.8 Å². The van der Waals surface area contributed by atoms with E-state index in [1.165, 1.54) is 12.1 Å². The number of nitrogens with one attached hydrogen (secondary N) is 1. The SMILES string of the molecule is O=C(NCCc1ccc(F)cc1)c1cccc(C(=O)N2CCCC2)n1. The van der Waals surface area contributed by atoms with Gasteiger partial charge in [0.15, 0.2) is 0 Å². The van der Waals surface area contributed by atoms with Gasteiger partial charge in [-0.05, 0) is 49.1 Å². The van der Waals surface area contributed by atoms with Gasteiger partial charge in [-0.1, -0.05) is 18.2 Å². The van der Waals surface area contributed by atoms with Gasteiger partial charge in [0.25, 0.3) is 11.8 Å². The van der Waals surface area contributed by atoms with Gasteiger partial charge >= 0.3 is 0 Å². The number of nitrogens with zero attached hydrogens (tertiary/aromatic N) is 2. The lowest BCUT2D eigenvalue weighted by molar-refractivity contribution is 0.0787. The van der Waals surface area contributed by atoms with Crippen molar-refractivity contribution in [1.82, 2.24) is 15.2 Å². The van der Waals surface area contributed by atoms with Crippen LogP contribution in [0.15, 0.2) is 42.5 Å². The molecule has 1 aromatic carbocycles. The minimum atomic E-state index is -0.321. The number of carbonyl (C=O) groups excluding carboxylic acids is 2. The molecule has 1 aliphatic heterocycles. The van der Waals surface area contributed by atoms with E-state index >= 15 is 0 Å². The Morgan fingerprint density at radius 3 is 2.44 bits per heavy atom. The lowest BCUT2D eigenvalue weighted by Crippen LogP contribution is -2.30. The van der Waals surface area contributed by atoms with Gasteiger partial charge in [0.1, 0.15) is 17.2 Å². The molecule has 0 saturated carbocycles. The quantitative estimate of drug-likeness (QED) is 0.908. The molecule has 1 aromatic heterocycles. The highest BCUT2D eigenvalue weighted by atomic mass is 19.1. The number of carbonyl (C=O) groups is 2. The fourth-order valence-electron chi connectivity index (χ4n) is 2.82. The number of benzene rings is 1. The van der Waals surface area contributed by atoms with Crippen LogP contribution in [-0.2, 0) is 6.42 Å². The Morgan fingerprint density at radius 1 is 1.04 bits per heavy atom. The van der Waals surface area contributed by atoms with Crippen LogP contribution in [-0.4, -0.2) is 41.3 Å². The fraction of sp³-hybridized carbons (Fsp3) is 0.316. The Morgan fingerprint density at radius 2 is 1.72 bits per heavy atom. The summed E-state index contributed by atoms with van der Waals surface area (Å²) < 4.78 is 12.9. The van der Waals surface area contributed by atoms with Crippen LogP contribution in [0.4, 0.5) is 4.39 Å². The molecule has 5 nitrogen and oxygen atoms in total. The molecule has 1 saturated heterocycles. The van der Waals surface area contributed by atoms with Crippen molar-refractivity contribution in [3.63, 3.8) is 0 Å². The molecule has 1 fully saturated rings. The lowest BCUT2D eigenvalue weighted by Gasteiger charge is -2.14. The highest BCUT2D eigenvalue weighted by Gasteiger charge is 2.21. The summed E-state index contributed by atoms with van der Waals surface area (Å²) in [4.78, 5) is 30.5. The maximum Gasteiger partial charge on any atom is 0.272 e. The van der Waals surface area contributed by atoms with Gasteiger partial charge in [0, 0.05) is 19.6 Å². The first kappa shape index (κ1) is 17.1. The molecule has 130 valence electrons. The van der Waals surface area contributed by atoms with E-state index in [1.807, 2.05) is 0 Å². The zero-order chi connectivity index (χ0) is 17.6.